The van der Waals surface area contributed by atoms with Gasteiger partial charge in [-0.25, -0.2) is 0 Å². The second-order valence-electron chi connectivity index (χ2n) is 9.83. The van der Waals surface area contributed by atoms with Crippen LogP contribution in [0.3, 0.4) is 0 Å². The first-order chi connectivity index (χ1) is 14.4. The number of rotatable bonds is 4. The summed E-state index contributed by atoms with van der Waals surface area (Å²) in [6.07, 6.45) is 7.60. The Balaban J connectivity index is 1.55. The quantitative estimate of drug-likeness (QED) is 0.527. The van der Waals surface area contributed by atoms with Crippen molar-refractivity contribution in [2.45, 2.75) is 75.7 Å². The highest BCUT2D eigenvalue weighted by Crippen LogP contribution is 2.58. The number of hydrogen-bond acceptors (Lipinski definition) is 5. The molecule has 2 aromatic rings. The van der Waals surface area contributed by atoms with Gasteiger partial charge in [-0.05, 0) is 62.3 Å². The Morgan fingerprint density at radius 1 is 1.07 bits per heavy atom. The lowest BCUT2D eigenvalue weighted by molar-refractivity contribution is -0.113. The Bertz CT molecular complexity index is 968. The summed E-state index contributed by atoms with van der Waals surface area (Å²) in [6.45, 7) is 9.12. The van der Waals surface area contributed by atoms with Crippen molar-refractivity contribution in [1.82, 2.24) is 5.16 Å². The summed E-state index contributed by atoms with van der Waals surface area (Å²) in [4.78, 5) is 7.58. The van der Waals surface area contributed by atoms with E-state index < -0.39 is 0 Å². The van der Waals surface area contributed by atoms with E-state index in [9.17, 15) is 0 Å². The number of aromatic nitrogens is 1. The molecule has 0 saturated heterocycles. The minimum atomic E-state index is -0.198. The summed E-state index contributed by atoms with van der Waals surface area (Å²) in [6, 6.07) is 8.63. The Morgan fingerprint density at radius 2 is 1.80 bits per heavy atom. The lowest BCUT2D eigenvalue weighted by atomic mass is 9.66. The smallest absolute Gasteiger partial charge is 0.170 e. The molecule has 5 heteroatoms. The van der Waals surface area contributed by atoms with Gasteiger partial charge in [-0.3, -0.25) is 0 Å². The minimum Gasteiger partial charge on any atom is -0.388 e. The monoisotopic (exact) mass is 424 g/mol. The van der Waals surface area contributed by atoms with Gasteiger partial charge < -0.3 is 9.36 Å². The minimum absolute atomic E-state index is 0.106. The predicted molar refractivity (Wildman–Crippen MR) is 122 cm³/mol. The van der Waals surface area contributed by atoms with Crippen LogP contribution in [0.2, 0.25) is 0 Å². The number of benzene rings is 1. The third-order valence-electron chi connectivity index (χ3n) is 7.96. The normalized spacial score (nSPS) is 26.8. The summed E-state index contributed by atoms with van der Waals surface area (Å²) >= 11 is 1.76. The zero-order valence-corrected chi connectivity index (χ0v) is 19.5. The Kier molecular flexibility index (Phi) is 4.81. The van der Waals surface area contributed by atoms with Crippen molar-refractivity contribution in [3.05, 3.63) is 35.5 Å². The molecule has 3 aliphatic rings. The van der Waals surface area contributed by atoms with E-state index in [0.717, 1.165) is 49.1 Å². The molecule has 0 radical (unpaired) electrons. The summed E-state index contributed by atoms with van der Waals surface area (Å²) in [5, 5.41) is 9.50. The van der Waals surface area contributed by atoms with E-state index in [2.05, 4.69) is 58.2 Å². The van der Waals surface area contributed by atoms with Crippen LogP contribution in [0.1, 0.15) is 64.6 Å². The summed E-state index contributed by atoms with van der Waals surface area (Å²) in [5.41, 5.74) is 4.47. The van der Waals surface area contributed by atoms with E-state index in [1.54, 1.807) is 11.8 Å². The number of nitrogens with zero attached hydrogens (tertiary/aromatic N) is 2. The maximum Gasteiger partial charge on any atom is 0.170 e. The Labute approximate surface area is 183 Å². The number of thioether (sulfide) groups is 1. The second kappa shape index (κ2) is 7.15. The standard InChI is InChI=1S/C25H32N2O2S/c1-15(2)25(16(3)4)20-12-14-24(23(20)27-29-25)13-6-7-19-21(28-26-22(19)24)17-8-10-18(30-5)11-9-17/h8-11,15-16,20H,6-7,12-14H2,1-5H3/t20-,24-/m1/s1. The molecule has 0 bridgehead atoms. The van der Waals surface area contributed by atoms with Crippen molar-refractivity contribution < 1.29 is 9.36 Å². The van der Waals surface area contributed by atoms with Crippen LogP contribution in [-0.4, -0.2) is 22.7 Å². The van der Waals surface area contributed by atoms with Crippen molar-refractivity contribution in [3.63, 3.8) is 0 Å². The summed E-state index contributed by atoms with van der Waals surface area (Å²) in [5.74, 6) is 2.16. The maximum atomic E-state index is 6.32. The molecule has 1 aromatic carbocycles. The third kappa shape index (κ3) is 2.60. The van der Waals surface area contributed by atoms with Crippen LogP contribution in [-0.2, 0) is 16.7 Å². The van der Waals surface area contributed by atoms with Gasteiger partial charge in [0.2, 0.25) is 0 Å². The number of oxime groups is 1. The molecule has 160 valence electrons. The predicted octanol–water partition coefficient (Wildman–Crippen LogP) is 6.48. The molecule has 2 atom stereocenters. The fraction of sp³-hybridized carbons (Fsp3) is 0.600. The van der Waals surface area contributed by atoms with E-state index in [-0.39, 0.29) is 11.0 Å². The van der Waals surface area contributed by atoms with Crippen LogP contribution < -0.4 is 0 Å². The second-order valence-corrected chi connectivity index (χ2v) is 10.7. The van der Waals surface area contributed by atoms with Gasteiger partial charge in [0.05, 0.1) is 16.8 Å². The van der Waals surface area contributed by atoms with Crippen LogP contribution in [0.4, 0.5) is 0 Å². The summed E-state index contributed by atoms with van der Waals surface area (Å²) in [7, 11) is 0. The van der Waals surface area contributed by atoms with E-state index in [0.29, 0.717) is 17.8 Å². The first kappa shape index (κ1) is 20.2. The average Bonchev–Trinajstić information content (AvgIpc) is 3.43. The molecule has 0 N–H and O–H groups in total. The first-order valence-corrected chi connectivity index (χ1v) is 12.6. The molecular formula is C25H32N2O2S. The van der Waals surface area contributed by atoms with Crippen molar-refractivity contribution in [2.24, 2.45) is 22.9 Å². The topological polar surface area (TPSA) is 47.6 Å². The van der Waals surface area contributed by atoms with Crippen molar-refractivity contribution in [3.8, 4) is 11.3 Å². The molecule has 1 fully saturated rings. The molecule has 4 nitrogen and oxygen atoms in total. The molecule has 1 aliphatic heterocycles. The van der Waals surface area contributed by atoms with Gasteiger partial charge in [-0.2, -0.15) is 0 Å². The van der Waals surface area contributed by atoms with E-state index >= 15 is 0 Å². The van der Waals surface area contributed by atoms with E-state index in [1.165, 1.54) is 16.2 Å². The van der Waals surface area contributed by atoms with Crippen LogP contribution in [0.15, 0.2) is 38.8 Å². The highest BCUT2D eigenvalue weighted by molar-refractivity contribution is 7.98. The fourth-order valence-electron chi connectivity index (χ4n) is 6.52. The lowest BCUT2D eigenvalue weighted by Gasteiger charge is -2.39. The maximum absolute atomic E-state index is 6.32. The largest absolute Gasteiger partial charge is 0.388 e. The van der Waals surface area contributed by atoms with Gasteiger partial charge in [-0.15, -0.1) is 11.8 Å². The summed E-state index contributed by atoms with van der Waals surface area (Å²) < 4.78 is 6.01. The molecule has 0 amide bonds. The van der Waals surface area contributed by atoms with Gasteiger partial charge in [0.15, 0.2) is 5.76 Å². The molecule has 0 unspecified atom stereocenters. The zero-order valence-electron chi connectivity index (χ0n) is 18.7. The zero-order chi connectivity index (χ0) is 21.1. The fourth-order valence-corrected chi connectivity index (χ4v) is 6.93. The highest BCUT2D eigenvalue weighted by atomic mass is 32.2. The van der Waals surface area contributed by atoms with Crippen LogP contribution in [0.5, 0.6) is 0 Å². The van der Waals surface area contributed by atoms with Crippen LogP contribution >= 0.6 is 11.8 Å². The number of fused-ring (bicyclic) bond motifs is 4. The van der Waals surface area contributed by atoms with Gasteiger partial charge in [0.1, 0.15) is 5.60 Å². The average molecular weight is 425 g/mol. The van der Waals surface area contributed by atoms with Gasteiger partial charge >= 0.3 is 0 Å². The van der Waals surface area contributed by atoms with Gasteiger partial charge in [-0.1, -0.05) is 50.1 Å². The number of hydrogen-bond donors (Lipinski definition) is 0. The molecule has 30 heavy (non-hydrogen) atoms. The van der Waals surface area contributed by atoms with E-state index in [1.807, 2.05) is 0 Å². The SMILES string of the molecule is CSc1ccc(-c2onc3c2CCC[C@@]32CC[C@@H]3C2=NOC3(C(C)C)C(C)C)cc1. The van der Waals surface area contributed by atoms with Crippen LogP contribution in [0, 0.1) is 17.8 Å². The van der Waals surface area contributed by atoms with Crippen molar-refractivity contribution >= 4 is 17.5 Å². The van der Waals surface area contributed by atoms with Gasteiger partial charge in [0.25, 0.3) is 0 Å². The van der Waals surface area contributed by atoms with Crippen molar-refractivity contribution in [2.75, 3.05) is 6.26 Å². The van der Waals surface area contributed by atoms with Gasteiger partial charge in [0, 0.05) is 21.9 Å². The van der Waals surface area contributed by atoms with E-state index in [4.69, 9.17) is 19.7 Å². The molecule has 1 saturated carbocycles. The van der Waals surface area contributed by atoms with Crippen molar-refractivity contribution in [1.29, 1.82) is 0 Å². The van der Waals surface area contributed by atoms with Crippen LogP contribution in [0.25, 0.3) is 11.3 Å². The molecule has 2 heterocycles. The molecule has 1 aromatic heterocycles. The first-order valence-electron chi connectivity index (χ1n) is 11.3. The lowest BCUT2D eigenvalue weighted by Crippen LogP contribution is -2.48. The molecular weight excluding hydrogens is 392 g/mol. The highest BCUT2D eigenvalue weighted by Gasteiger charge is 2.63. The molecule has 5 rings (SSSR count). The molecule has 2 aliphatic carbocycles. The Hall–Kier alpha value is -1.75. The molecule has 1 spiro atoms. The Morgan fingerprint density at radius 3 is 2.47 bits per heavy atom. The third-order valence-corrected chi connectivity index (χ3v) is 8.70.